The number of hydrogen-bond donors (Lipinski definition) is 2. The Labute approximate surface area is 241 Å². The third-order valence-electron chi connectivity index (χ3n) is 6.83. The predicted octanol–water partition coefficient (Wildman–Crippen LogP) is 5.36. The number of halogens is 3. The zero-order valence-electron chi connectivity index (χ0n) is 23.6. The number of ether oxygens (including phenoxy) is 2. The SMILES string of the molecule is CCNc1nc(-c2cc(OC)cc(OC)c2)c(-c2ccnc(Nc3cc(F)c(N4CCN(CCF)CC4)c(F)c3)n2)o1. The first-order chi connectivity index (χ1) is 20.4. The standard InChI is InChI=1S/C29H32F3N7O3/c1-4-33-29-37-25(18-13-20(40-2)17-21(14-18)41-3)27(42-29)24-5-7-34-28(36-24)35-19-15-22(31)26(23(32)16-19)39-11-9-38(8-6-30)10-12-39/h5,7,13-17H,4,6,8-12H2,1-3H3,(H,33,37)(H,34,35,36). The summed E-state index contributed by atoms with van der Waals surface area (Å²) in [7, 11) is 3.11. The van der Waals surface area contributed by atoms with Gasteiger partial charge in [-0.1, -0.05) is 0 Å². The van der Waals surface area contributed by atoms with Gasteiger partial charge in [-0.15, -0.1) is 0 Å². The molecule has 3 heterocycles. The molecule has 42 heavy (non-hydrogen) atoms. The number of methoxy groups -OCH3 is 2. The van der Waals surface area contributed by atoms with Crippen molar-refractivity contribution in [2.75, 3.05) is 75.7 Å². The van der Waals surface area contributed by atoms with Crippen LogP contribution >= 0.6 is 0 Å². The van der Waals surface area contributed by atoms with Crippen LogP contribution in [0.4, 0.5) is 36.5 Å². The van der Waals surface area contributed by atoms with E-state index in [2.05, 4.69) is 25.6 Å². The highest BCUT2D eigenvalue weighted by Gasteiger charge is 2.24. The van der Waals surface area contributed by atoms with Gasteiger partial charge in [0.25, 0.3) is 6.01 Å². The minimum atomic E-state index is -0.715. The second kappa shape index (κ2) is 13.0. The lowest BCUT2D eigenvalue weighted by Gasteiger charge is -2.35. The van der Waals surface area contributed by atoms with Crippen molar-refractivity contribution in [1.29, 1.82) is 0 Å². The number of nitrogens with zero attached hydrogens (tertiary/aromatic N) is 5. The lowest BCUT2D eigenvalue weighted by Crippen LogP contribution is -2.47. The molecule has 0 bridgehead atoms. The van der Waals surface area contributed by atoms with Crippen LogP contribution in [0.15, 0.2) is 47.0 Å². The molecule has 0 saturated carbocycles. The lowest BCUT2D eigenvalue weighted by atomic mass is 10.1. The maximum absolute atomic E-state index is 15.1. The van der Waals surface area contributed by atoms with Crippen LogP contribution in [-0.4, -0.2) is 80.0 Å². The molecule has 0 aliphatic carbocycles. The van der Waals surface area contributed by atoms with Crippen LogP contribution in [0, 0.1) is 11.6 Å². The molecule has 2 aromatic carbocycles. The first kappa shape index (κ1) is 29.0. The monoisotopic (exact) mass is 583 g/mol. The molecule has 1 aliphatic heterocycles. The van der Waals surface area contributed by atoms with Gasteiger partial charge in [0.1, 0.15) is 35.2 Å². The van der Waals surface area contributed by atoms with Gasteiger partial charge in [-0.25, -0.2) is 23.1 Å². The minimum absolute atomic E-state index is 0.105. The molecular formula is C29H32F3N7O3. The largest absolute Gasteiger partial charge is 0.497 e. The van der Waals surface area contributed by atoms with Crippen molar-refractivity contribution < 1.29 is 27.1 Å². The highest BCUT2D eigenvalue weighted by molar-refractivity contribution is 5.78. The highest BCUT2D eigenvalue weighted by Crippen LogP contribution is 2.37. The quantitative estimate of drug-likeness (QED) is 0.240. The molecule has 0 atom stereocenters. The zero-order chi connectivity index (χ0) is 29.6. The van der Waals surface area contributed by atoms with E-state index in [0.29, 0.717) is 79.5 Å². The van der Waals surface area contributed by atoms with Gasteiger partial charge >= 0.3 is 0 Å². The number of oxazole rings is 1. The summed E-state index contributed by atoms with van der Waals surface area (Å²) in [6.07, 6.45) is 1.51. The average molecular weight is 584 g/mol. The maximum atomic E-state index is 15.1. The summed E-state index contributed by atoms with van der Waals surface area (Å²) in [6, 6.07) is 9.69. The normalized spacial score (nSPS) is 13.7. The van der Waals surface area contributed by atoms with Gasteiger partial charge in [0.05, 0.1) is 14.2 Å². The van der Waals surface area contributed by atoms with Crippen molar-refractivity contribution >= 4 is 23.3 Å². The smallest absolute Gasteiger partial charge is 0.295 e. The fraction of sp³-hybridized carbons (Fsp3) is 0.345. The molecule has 1 aliphatic rings. The number of anilines is 4. The number of nitrogens with one attached hydrogen (secondary N) is 2. The topological polar surface area (TPSA) is 101 Å². The van der Waals surface area contributed by atoms with E-state index < -0.39 is 18.3 Å². The van der Waals surface area contributed by atoms with Gasteiger partial charge in [-0.2, -0.15) is 4.98 Å². The summed E-state index contributed by atoms with van der Waals surface area (Å²) in [5.74, 6) is 0.172. The van der Waals surface area contributed by atoms with E-state index in [-0.39, 0.29) is 17.3 Å². The van der Waals surface area contributed by atoms with Crippen molar-refractivity contribution in [3.63, 3.8) is 0 Å². The highest BCUT2D eigenvalue weighted by atomic mass is 19.1. The van der Waals surface area contributed by atoms with Gasteiger partial charge in [-0.3, -0.25) is 4.90 Å². The summed E-state index contributed by atoms with van der Waals surface area (Å²) < 4.78 is 59.8. The van der Waals surface area contributed by atoms with Gasteiger partial charge in [0.2, 0.25) is 5.95 Å². The van der Waals surface area contributed by atoms with E-state index in [0.717, 1.165) is 0 Å². The zero-order valence-corrected chi connectivity index (χ0v) is 23.6. The number of alkyl halides is 1. The van der Waals surface area contributed by atoms with Crippen LogP contribution in [0.5, 0.6) is 11.5 Å². The Bertz CT molecular complexity index is 1480. The van der Waals surface area contributed by atoms with Crippen LogP contribution in [0.25, 0.3) is 22.7 Å². The first-order valence-corrected chi connectivity index (χ1v) is 13.5. The number of rotatable bonds is 11. The molecule has 2 N–H and O–H groups in total. The molecule has 0 unspecified atom stereocenters. The molecule has 4 aromatic rings. The summed E-state index contributed by atoms with van der Waals surface area (Å²) in [5.41, 5.74) is 1.59. The molecule has 0 spiro atoms. The van der Waals surface area contributed by atoms with Crippen molar-refractivity contribution in [3.05, 3.63) is 54.2 Å². The molecule has 5 rings (SSSR count). The minimum Gasteiger partial charge on any atom is -0.497 e. The van der Waals surface area contributed by atoms with Gasteiger partial charge in [-0.05, 0) is 37.3 Å². The van der Waals surface area contributed by atoms with E-state index in [1.807, 2.05) is 11.8 Å². The fourth-order valence-electron chi connectivity index (χ4n) is 4.79. The third-order valence-corrected chi connectivity index (χ3v) is 6.83. The van der Waals surface area contributed by atoms with Gasteiger partial charge in [0, 0.05) is 62.8 Å². The molecule has 10 nitrogen and oxygen atoms in total. The Balaban J connectivity index is 1.42. The summed E-state index contributed by atoms with van der Waals surface area (Å²) >= 11 is 0. The van der Waals surface area contributed by atoms with Crippen molar-refractivity contribution in [2.24, 2.45) is 0 Å². The Hall–Kier alpha value is -4.52. The summed E-state index contributed by atoms with van der Waals surface area (Å²) in [4.78, 5) is 16.9. The van der Waals surface area contributed by atoms with E-state index in [4.69, 9.17) is 13.9 Å². The van der Waals surface area contributed by atoms with Gasteiger partial charge < -0.3 is 29.4 Å². The number of hydrogen-bond acceptors (Lipinski definition) is 10. The van der Waals surface area contributed by atoms with Crippen LogP contribution < -0.4 is 25.0 Å². The van der Waals surface area contributed by atoms with Crippen LogP contribution in [0.2, 0.25) is 0 Å². The third kappa shape index (κ3) is 6.35. The van der Waals surface area contributed by atoms with E-state index in [1.54, 1.807) is 43.4 Å². The first-order valence-electron chi connectivity index (χ1n) is 13.5. The fourth-order valence-corrected chi connectivity index (χ4v) is 4.79. The second-order valence-electron chi connectivity index (χ2n) is 9.53. The Morgan fingerprint density at radius 2 is 1.64 bits per heavy atom. The molecule has 2 aromatic heterocycles. The second-order valence-corrected chi connectivity index (χ2v) is 9.53. The lowest BCUT2D eigenvalue weighted by molar-refractivity contribution is 0.234. The molecule has 222 valence electrons. The Kier molecular flexibility index (Phi) is 8.96. The Morgan fingerprint density at radius 1 is 0.952 bits per heavy atom. The molecule has 1 fully saturated rings. The molecule has 0 radical (unpaired) electrons. The van der Waals surface area contributed by atoms with Crippen molar-refractivity contribution in [2.45, 2.75) is 6.92 Å². The van der Waals surface area contributed by atoms with Crippen LogP contribution in [-0.2, 0) is 0 Å². The molecule has 1 saturated heterocycles. The number of aromatic nitrogens is 3. The maximum Gasteiger partial charge on any atom is 0.295 e. The Morgan fingerprint density at radius 3 is 2.26 bits per heavy atom. The van der Waals surface area contributed by atoms with Crippen molar-refractivity contribution in [3.8, 4) is 34.2 Å². The van der Waals surface area contributed by atoms with Crippen LogP contribution in [0.3, 0.4) is 0 Å². The molecular weight excluding hydrogens is 551 g/mol. The summed E-state index contributed by atoms with van der Waals surface area (Å²) in [5, 5.41) is 5.96. The number of benzene rings is 2. The van der Waals surface area contributed by atoms with Gasteiger partial charge in [0.15, 0.2) is 17.4 Å². The molecule has 13 heteroatoms. The predicted molar refractivity (Wildman–Crippen MR) is 155 cm³/mol. The van der Waals surface area contributed by atoms with E-state index >= 15 is 8.78 Å². The summed E-state index contributed by atoms with van der Waals surface area (Å²) in [6.45, 7) is 4.24. The van der Waals surface area contributed by atoms with E-state index in [9.17, 15) is 4.39 Å². The van der Waals surface area contributed by atoms with Crippen molar-refractivity contribution in [1.82, 2.24) is 19.9 Å². The van der Waals surface area contributed by atoms with Crippen LogP contribution in [0.1, 0.15) is 6.92 Å². The average Bonchev–Trinajstić information content (AvgIpc) is 3.42. The molecule has 0 amide bonds. The van der Waals surface area contributed by atoms with E-state index in [1.165, 1.54) is 18.3 Å². The number of piperazine rings is 1.